The van der Waals surface area contributed by atoms with E-state index in [0.29, 0.717) is 6.04 Å². The molecule has 100 valence electrons. The molecule has 1 fully saturated rings. The molecule has 1 aromatic rings. The van der Waals surface area contributed by atoms with Crippen molar-refractivity contribution in [2.24, 2.45) is 0 Å². The molecule has 0 spiro atoms. The number of halogens is 1. The van der Waals surface area contributed by atoms with Crippen LogP contribution in [0.1, 0.15) is 19.8 Å². The molecule has 1 aromatic carbocycles. The predicted molar refractivity (Wildman–Crippen MR) is 76.9 cm³/mol. The van der Waals surface area contributed by atoms with Gasteiger partial charge in [-0.2, -0.15) is 0 Å². The topological polar surface area (TPSA) is 24.5 Å². The summed E-state index contributed by atoms with van der Waals surface area (Å²) in [7, 11) is 1.71. The number of hydrogen-bond donors (Lipinski definition) is 1. The van der Waals surface area contributed by atoms with Gasteiger partial charge in [-0.05, 0) is 37.6 Å². The van der Waals surface area contributed by atoms with E-state index in [1.807, 2.05) is 18.2 Å². The Kier molecular flexibility index (Phi) is 4.72. The third-order valence-electron chi connectivity index (χ3n) is 3.45. The zero-order valence-corrected chi connectivity index (χ0v) is 11.8. The maximum Gasteiger partial charge on any atom is 0.142 e. The Bertz CT molecular complexity index is 397. The summed E-state index contributed by atoms with van der Waals surface area (Å²) in [5.74, 6) is 0.899. The van der Waals surface area contributed by atoms with E-state index in [9.17, 15) is 0 Å². The van der Waals surface area contributed by atoms with Crippen molar-refractivity contribution in [3.8, 4) is 5.75 Å². The van der Waals surface area contributed by atoms with E-state index in [-0.39, 0.29) is 0 Å². The van der Waals surface area contributed by atoms with Gasteiger partial charge >= 0.3 is 0 Å². The summed E-state index contributed by atoms with van der Waals surface area (Å²) in [5.41, 5.74) is 1.10. The summed E-state index contributed by atoms with van der Waals surface area (Å²) in [6.07, 6.45) is 2.28. The number of nitrogens with one attached hydrogen (secondary N) is 1. The number of nitrogens with zero attached hydrogens (tertiary/aromatic N) is 1. The minimum absolute atomic E-state index is 0.538. The van der Waals surface area contributed by atoms with Crippen LogP contribution in [0.25, 0.3) is 0 Å². The van der Waals surface area contributed by atoms with Crippen LogP contribution in [-0.4, -0.2) is 32.8 Å². The SMILES string of the molecule is CCC1CN(c2cc(Cl)ccc2OC)CCCN1. The van der Waals surface area contributed by atoms with Gasteiger partial charge in [-0.1, -0.05) is 18.5 Å². The van der Waals surface area contributed by atoms with E-state index in [2.05, 4.69) is 17.1 Å². The Morgan fingerprint density at radius 1 is 1.50 bits per heavy atom. The predicted octanol–water partition coefficient (Wildman–Crippen LogP) is 2.93. The molecule has 0 aromatic heterocycles. The van der Waals surface area contributed by atoms with Crippen LogP contribution in [0, 0.1) is 0 Å². The van der Waals surface area contributed by atoms with Crippen LogP contribution in [0.15, 0.2) is 18.2 Å². The summed E-state index contributed by atoms with van der Waals surface area (Å²) in [5, 5.41) is 4.33. The highest BCUT2D eigenvalue weighted by Crippen LogP contribution is 2.32. The first-order valence-electron chi connectivity index (χ1n) is 6.56. The van der Waals surface area contributed by atoms with Crippen molar-refractivity contribution in [2.45, 2.75) is 25.8 Å². The Hall–Kier alpha value is -0.930. The maximum atomic E-state index is 6.11. The molecular formula is C14H21ClN2O. The second kappa shape index (κ2) is 6.30. The minimum Gasteiger partial charge on any atom is -0.495 e. The van der Waals surface area contributed by atoms with Crippen molar-refractivity contribution < 1.29 is 4.74 Å². The lowest BCUT2D eigenvalue weighted by Crippen LogP contribution is -2.37. The van der Waals surface area contributed by atoms with Crippen molar-refractivity contribution >= 4 is 17.3 Å². The van der Waals surface area contributed by atoms with Gasteiger partial charge in [0.2, 0.25) is 0 Å². The molecule has 0 aliphatic carbocycles. The third kappa shape index (κ3) is 3.09. The lowest BCUT2D eigenvalue weighted by atomic mass is 10.2. The molecule has 1 saturated heterocycles. The molecular weight excluding hydrogens is 248 g/mol. The quantitative estimate of drug-likeness (QED) is 0.912. The van der Waals surface area contributed by atoms with Crippen LogP contribution < -0.4 is 15.0 Å². The molecule has 1 unspecified atom stereocenters. The van der Waals surface area contributed by atoms with Crippen LogP contribution in [-0.2, 0) is 0 Å². The Labute approximate surface area is 114 Å². The lowest BCUT2D eigenvalue weighted by molar-refractivity contribution is 0.413. The van der Waals surface area contributed by atoms with Crippen molar-refractivity contribution in [3.63, 3.8) is 0 Å². The Balaban J connectivity index is 2.25. The fourth-order valence-electron chi connectivity index (χ4n) is 2.40. The van der Waals surface area contributed by atoms with Gasteiger partial charge in [0.25, 0.3) is 0 Å². The number of benzene rings is 1. The molecule has 4 heteroatoms. The van der Waals surface area contributed by atoms with Gasteiger partial charge in [-0.15, -0.1) is 0 Å². The first kappa shape index (κ1) is 13.5. The number of rotatable bonds is 3. The number of methoxy groups -OCH3 is 1. The third-order valence-corrected chi connectivity index (χ3v) is 3.69. The standard InChI is InChI=1S/C14H21ClN2O/c1-3-12-10-17(8-4-7-16-12)13-9-11(15)5-6-14(13)18-2/h5-6,9,12,16H,3-4,7-8,10H2,1-2H3. The van der Waals surface area contributed by atoms with E-state index in [4.69, 9.17) is 16.3 Å². The average molecular weight is 269 g/mol. The summed E-state index contributed by atoms with van der Waals surface area (Å²) in [6, 6.07) is 6.35. The zero-order chi connectivity index (χ0) is 13.0. The van der Waals surface area contributed by atoms with E-state index in [1.54, 1.807) is 7.11 Å². The summed E-state index contributed by atoms with van der Waals surface area (Å²) >= 11 is 6.11. The normalized spacial score (nSPS) is 20.6. The van der Waals surface area contributed by atoms with Crippen molar-refractivity contribution in [1.82, 2.24) is 5.32 Å². The smallest absolute Gasteiger partial charge is 0.142 e. The summed E-state index contributed by atoms with van der Waals surface area (Å²) in [6.45, 7) is 5.35. The molecule has 0 radical (unpaired) electrons. The molecule has 1 heterocycles. The second-order valence-corrected chi connectivity index (χ2v) is 5.11. The summed E-state index contributed by atoms with van der Waals surface area (Å²) in [4.78, 5) is 2.37. The monoisotopic (exact) mass is 268 g/mol. The van der Waals surface area contributed by atoms with E-state index in [0.717, 1.165) is 48.9 Å². The Morgan fingerprint density at radius 2 is 2.33 bits per heavy atom. The fourth-order valence-corrected chi connectivity index (χ4v) is 2.57. The molecule has 0 saturated carbocycles. The maximum absolute atomic E-state index is 6.11. The highest BCUT2D eigenvalue weighted by atomic mass is 35.5. The van der Waals surface area contributed by atoms with Gasteiger partial charge in [-0.25, -0.2) is 0 Å². The van der Waals surface area contributed by atoms with Crippen LogP contribution in [0.5, 0.6) is 5.75 Å². The Morgan fingerprint density at radius 3 is 3.06 bits per heavy atom. The first-order chi connectivity index (χ1) is 8.74. The molecule has 3 nitrogen and oxygen atoms in total. The van der Waals surface area contributed by atoms with Crippen LogP contribution >= 0.6 is 11.6 Å². The van der Waals surface area contributed by atoms with Crippen LogP contribution in [0.2, 0.25) is 5.02 Å². The number of anilines is 1. The molecule has 1 N–H and O–H groups in total. The van der Waals surface area contributed by atoms with E-state index < -0.39 is 0 Å². The van der Waals surface area contributed by atoms with Crippen LogP contribution in [0.3, 0.4) is 0 Å². The molecule has 18 heavy (non-hydrogen) atoms. The number of hydrogen-bond acceptors (Lipinski definition) is 3. The highest BCUT2D eigenvalue weighted by molar-refractivity contribution is 6.30. The van der Waals surface area contributed by atoms with Gasteiger partial charge in [0, 0.05) is 24.2 Å². The number of ether oxygens (including phenoxy) is 1. The van der Waals surface area contributed by atoms with Gasteiger partial charge in [0.15, 0.2) is 0 Å². The van der Waals surface area contributed by atoms with E-state index in [1.165, 1.54) is 0 Å². The molecule has 1 aliphatic heterocycles. The van der Waals surface area contributed by atoms with Crippen molar-refractivity contribution in [1.29, 1.82) is 0 Å². The molecule has 1 aliphatic rings. The molecule has 0 amide bonds. The first-order valence-corrected chi connectivity index (χ1v) is 6.94. The van der Waals surface area contributed by atoms with Gasteiger partial charge < -0.3 is 15.0 Å². The van der Waals surface area contributed by atoms with Crippen molar-refractivity contribution in [3.05, 3.63) is 23.2 Å². The largest absolute Gasteiger partial charge is 0.495 e. The van der Waals surface area contributed by atoms with Gasteiger partial charge in [0.1, 0.15) is 5.75 Å². The molecule has 0 bridgehead atoms. The molecule has 2 rings (SSSR count). The highest BCUT2D eigenvalue weighted by Gasteiger charge is 2.19. The minimum atomic E-state index is 0.538. The second-order valence-electron chi connectivity index (χ2n) is 4.68. The van der Waals surface area contributed by atoms with E-state index >= 15 is 0 Å². The van der Waals surface area contributed by atoms with Gasteiger partial charge in [-0.3, -0.25) is 0 Å². The summed E-state index contributed by atoms with van der Waals surface area (Å²) < 4.78 is 5.44. The van der Waals surface area contributed by atoms with Crippen LogP contribution in [0.4, 0.5) is 5.69 Å². The van der Waals surface area contributed by atoms with Crippen molar-refractivity contribution in [2.75, 3.05) is 31.6 Å². The average Bonchev–Trinajstić information content (AvgIpc) is 2.64. The lowest BCUT2D eigenvalue weighted by Gasteiger charge is -2.27. The van der Waals surface area contributed by atoms with Gasteiger partial charge in [0.05, 0.1) is 12.8 Å². The molecule has 1 atom stereocenters. The fraction of sp³-hybridized carbons (Fsp3) is 0.571. The zero-order valence-electron chi connectivity index (χ0n) is 11.1.